The average Bonchev–Trinajstić information content (AvgIpc) is 3.13. The van der Waals surface area contributed by atoms with E-state index in [9.17, 15) is 19.0 Å². The van der Waals surface area contributed by atoms with Gasteiger partial charge in [0.2, 0.25) is 0 Å². The second-order valence-electron chi connectivity index (χ2n) is 13.8. The molecule has 0 heterocycles. The maximum atomic E-state index is 12.6. The van der Waals surface area contributed by atoms with Crippen molar-refractivity contribution < 1.29 is 42.7 Å². The maximum Gasteiger partial charge on any atom is 0.472 e. The van der Waals surface area contributed by atoms with Crippen molar-refractivity contribution in [2.45, 2.75) is 180 Å². The molecule has 3 atom stereocenters. The summed E-state index contributed by atoms with van der Waals surface area (Å²) in [6, 6.07) is -1.48. The van der Waals surface area contributed by atoms with E-state index in [4.69, 9.17) is 29.4 Å². The molecule has 11 heteroatoms. The molecule has 0 saturated heterocycles. The first-order valence-electron chi connectivity index (χ1n) is 20.7. The summed E-state index contributed by atoms with van der Waals surface area (Å²) in [4.78, 5) is 33.5. The molecule has 0 aromatic rings. The molecule has 0 aliphatic carbocycles. The molecule has 308 valence electrons. The van der Waals surface area contributed by atoms with Gasteiger partial charge < -0.3 is 25.2 Å². The summed E-state index contributed by atoms with van der Waals surface area (Å²) < 4.78 is 33.2. The number of carbonyl (C=O) groups is 2. The first kappa shape index (κ1) is 50.9. The summed E-state index contributed by atoms with van der Waals surface area (Å²) in [7, 11) is -4.62. The minimum absolute atomic E-state index is 0.00597. The van der Waals surface area contributed by atoms with Gasteiger partial charge in [-0.15, -0.1) is 0 Å². The lowest BCUT2D eigenvalue weighted by Gasteiger charge is -2.20. The highest BCUT2D eigenvalue weighted by atomic mass is 31.2. The lowest BCUT2D eigenvalue weighted by atomic mass is 10.1. The number of carbonyl (C=O) groups excluding carboxylic acids is 1. The van der Waals surface area contributed by atoms with E-state index in [1.165, 1.54) is 64.2 Å². The van der Waals surface area contributed by atoms with Crippen molar-refractivity contribution >= 4 is 19.8 Å². The van der Waals surface area contributed by atoms with E-state index in [-0.39, 0.29) is 13.0 Å². The molecule has 0 rings (SSSR count). The topological polar surface area (TPSA) is 155 Å². The Labute approximate surface area is 322 Å². The second kappa shape index (κ2) is 38.2. The number of carboxylic acids is 1. The maximum absolute atomic E-state index is 12.6. The molecule has 0 saturated carbocycles. The Kier molecular flexibility index (Phi) is 36.7. The number of aliphatic carboxylic acids is 1. The standard InChI is InChI=1S/C42H76NO9P/c1-3-5-7-9-11-13-15-17-18-19-20-21-22-23-24-26-28-30-32-34-41(44)52-39(37-50-53(47,48)51-38-40(43)42(45)46)36-49-35-33-31-29-27-25-16-14-12-10-8-6-4-2/h10-13,17-18,20-21,39-40H,3-9,14-16,19,22-38,43H2,1-2H3,(H,45,46)(H,47,48)/b12-10-,13-11-,18-17-,21-20-. The van der Waals surface area contributed by atoms with Gasteiger partial charge in [0.15, 0.2) is 0 Å². The monoisotopic (exact) mass is 770 g/mol. The molecule has 53 heavy (non-hydrogen) atoms. The van der Waals surface area contributed by atoms with Gasteiger partial charge in [-0.3, -0.25) is 18.6 Å². The molecule has 0 fully saturated rings. The largest absolute Gasteiger partial charge is 0.480 e. The summed E-state index contributed by atoms with van der Waals surface area (Å²) in [6.07, 6.45) is 43.0. The predicted octanol–water partition coefficient (Wildman–Crippen LogP) is 11.1. The van der Waals surface area contributed by atoms with Crippen molar-refractivity contribution in [3.63, 3.8) is 0 Å². The fourth-order valence-corrected chi connectivity index (χ4v) is 6.07. The summed E-state index contributed by atoms with van der Waals surface area (Å²) >= 11 is 0. The van der Waals surface area contributed by atoms with Crippen LogP contribution in [-0.4, -0.2) is 60.5 Å². The molecule has 0 aliphatic rings. The number of unbranched alkanes of at least 4 members (excludes halogenated alkanes) is 17. The Morgan fingerprint density at radius 3 is 1.62 bits per heavy atom. The molecule has 3 unspecified atom stereocenters. The van der Waals surface area contributed by atoms with Crippen LogP contribution in [0.25, 0.3) is 0 Å². The third-order valence-corrected chi connectivity index (χ3v) is 9.53. The van der Waals surface area contributed by atoms with Gasteiger partial charge in [-0.05, 0) is 70.6 Å². The van der Waals surface area contributed by atoms with Crippen molar-refractivity contribution in [3.05, 3.63) is 48.6 Å². The molecule has 0 spiro atoms. The SMILES string of the molecule is CCCC/C=C\CCCCCCCCOCC(COP(=O)(O)OCC(N)C(=O)O)OC(=O)CCCCCCCC/C=C\C/C=C\C/C=C\CCCCC. The van der Waals surface area contributed by atoms with E-state index < -0.39 is 45.1 Å². The van der Waals surface area contributed by atoms with E-state index in [1.54, 1.807) is 0 Å². The number of phosphoric ester groups is 1. The highest BCUT2D eigenvalue weighted by molar-refractivity contribution is 7.47. The summed E-state index contributed by atoms with van der Waals surface area (Å²) in [5.41, 5.74) is 5.34. The molecule has 4 N–H and O–H groups in total. The first-order valence-corrected chi connectivity index (χ1v) is 22.2. The fraction of sp³-hybridized carbons (Fsp3) is 0.762. The van der Waals surface area contributed by atoms with Gasteiger partial charge in [0.25, 0.3) is 0 Å². The molecular formula is C42H76NO9P. The minimum Gasteiger partial charge on any atom is -0.480 e. The normalized spacial score (nSPS) is 14.5. The summed E-state index contributed by atoms with van der Waals surface area (Å²) in [5, 5.41) is 8.88. The summed E-state index contributed by atoms with van der Waals surface area (Å²) in [5.74, 6) is -1.80. The number of hydrogen-bond donors (Lipinski definition) is 3. The quantitative estimate of drug-likeness (QED) is 0.0238. The highest BCUT2D eigenvalue weighted by Gasteiger charge is 2.27. The molecular weight excluding hydrogens is 693 g/mol. The van der Waals surface area contributed by atoms with Gasteiger partial charge in [-0.2, -0.15) is 0 Å². The predicted molar refractivity (Wildman–Crippen MR) is 217 cm³/mol. The number of carboxylic acid groups (broad SMARTS) is 1. The minimum atomic E-state index is -4.62. The van der Waals surface area contributed by atoms with E-state index in [0.717, 1.165) is 77.0 Å². The van der Waals surface area contributed by atoms with Crippen LogP contribution in [0.4, 0.5) is 0 Å². The molecule has 0 aromatic heterocycles. The van der Waals surface area contributed by atoms with Crippen LogP contribution in [0, 0.1) is 0 Å². The van der Waals surface area contributed by atoms with Crippen LogP contribution >= 0.6 is 7.82 Å². The number of allylic oxidation sites excluding steroid dienone is 8. The fourth-order valence-electron chi connectivity index (χ4n) is 5.30. The van der Waals surface area contributed by atoms with Gasteiger partial charge in [0.05, 0.1) is 19.8 Å². The lowest BCUT2D eigenvalue weighted by molar-refractivity contribution is -0.154. The van der Waals surface area contributed by atoms with Crippen molar-refractivity contribution in [2.75, 3.05) is 26.4 Å². The van der Waals surface area contributed by atoms with Gasteiger partial charge in [0, 0.05) is 13.0 Å². The lowest BCUT2D eigenvalue weighted by Crippen LogP contribution is -2.34. The van der Waals surface area contributed by atoms with Crippen molar-refractivity contribution in [1.29, 1.82) is 0 Å². The van der Waals surface area contributed by atoms with Crippen molar-refractivity contribution in [1.82, 2.24) is 0 Å². The third kappa shape index (κ3) is 38.0. The van der Waals surface area contributed by atoms with Crippen molar-refractivity contribution in [2.24, 2.45) is 5.73 Å². The summed E-state index contributed by atoms with van der Waals surface area (Å²) in [6.45, 7) is 3.78. The van der Waals surface area contributed by atoms with Crippen LogP contribution in [0.15, 0.2) is 48.6 Å². The third-order valence-electron chi connectivity index (χ3n) is 8.58. The molecule has 0 aromatic carbocycles. The van der Waals surface area contributed by atoms with Gasteiger partial charge in [0.1, 0.15) is 12.1 Å². The number of ether oxygens (including phenoxy) is 2. The molecule has 0 aliphatic heterocycles. The number of hydrogen-bond acceptors (Lipinski definition) is 8. The molecule has 0 bridgehead atoms. The number of rotatable bonds is 39. The zero-order chi connectivity index (χ0) is 39.1. The number of phosphoric acid groups is 1. The van der Waals surface area contributed by atoms with Crippen LogP contribution in [0.5, 0.6) is 0 Å². The zero-order valence-corrected chi connectivity index (χ0v) is 34.2. The Balaban J connectivity index is 4.29. The van der Waals surface area contributed by atoms with E-state index >= 15 is 0 Å². The second-order valence-corrected chi connectivity index (χ2v) is 15.2. The van der Waals surface area contributed by atoms with Crippen LogP contribution < -0.4 is 5.73 Å². The van der Waals surface area contributed by atoms with Crippen LogP contribution in [0.1, 0.15) is 168 Å². The Morgan fingerprint density at radius 2 is 1.06 bits per heavy atom. The smallest absolute Gasteiger partial charge is 0.472 e. The zero-order valence-electron chi connectivity index (χ0n) is 33.3. The van der Waals surface area contributed by atoms with E-state index in [0.29, 0.717) is 13.0 Å². The number of nitrogens with two attached hydrogens (primary N) is 1. The number of esters is 1. The molecule has 0 radical (unpaired) electrons. The molecule has 0 amide bonds. The first-order chi connectivity index (χ1) is 25.7. The van der Waals surface area contributed by atoms with Gasteiger partial charge >= 0.3 is 19.8 Å². The van der Waals surface area contributed by atoms with Crippen LogP contribution in [0.2, 0.25) is 0 Å². The Hall–Kier alpha value is -2.07. The van der Waals surface area contributed by atoms with Crippen molar-refractivity contribution in [3.8, 4) is 0 Å². The average molecular weight is 770 g/mol. The highest BCUT2D eigenvalue weighted by Crippen LogP contribution is 2.43. The van der Waals surface area contributed by atoms with E-state index in [2.05, 4.69) is 62.5 Å². The Morgan fingerprint density at radius 1 is 0.604 bits per heavy atom. The van der Waals surface area contributed by atoms with Crippen LogP contribution in [-0.2, 0) is 32.7 Å². The van der Waals surface area contributed by atoms with Gasteiger partial charge in [-0.25, -0.2) is 4.57 Å². The van der Waals surface area contributed by atoms with E-state index in [1.807, 2.05) is 0 Å². The van der Waals surface area contributed by atoms with Gasteiger partial charge in [-0.1, -0.05) is 140 Å². The van der Waals surface area contributed by atoms with Crippen LogP contribution in [0.3, 0.4) is 0 Å². The molecule has 10 nitrogen and oxygen atoms in total. The Bertz CT molecular complexity index is 1030.